The summed E-state index contributed by atoms with van der Waals surface area (Å²) in [6.07, 6.45) is 1.50. The van der Waals surface area contributed by atoms with E-state index in [-0.39, 0.29) is 10.6 Å². The van der Waals surface area contributed by atoms with Crippen LogP contribution >= 0.6 is 0 Å². The Bertz CT molecular complexity index is 969. The lowest BCUT2D eigenvalue weighted by atomic mass is 10.1. The number of nitrogens with zero attached hydrogens (tertiary/aromatic N) is 3. The smallest absolute Gasteiger partial charge is 0.264 e. The van der Waals surface area contributed by atoms with Crippen molar-refractivity contribution in [2.45, 2.75) is 17.7 Å². The van der Waals surface area contributed by atoms with Gasteiger partial charge >= 0.3 is 0 Å². The number of rotatable bonds is 6. The Labute approximate surface area is 169 Å². The van der Waals surface area contributed by atoms with Gasteiger partial charge in [0, 0.05) is 31.6 Å². The average molecular weight is 418 g/mol. The molecule has 7 nitrogen and oxygen atoms in total. The van der Waals surface area contributed by atoms with E-state index >= 15 is 0 Å². The Balaban J connectivity index is 1.81. The molecule has 9 heteroatoms. The van der Waals surface area contributed by atoms with Crippen molar-refractivity contribution < 1.29 is 17.6 Å². The predicted octanol–water partition coefficient (Wildman–Crippen LogP) is 2.22. The molecule has 1 aliphatic rings. The van der Waals surface area contributed by atoms with Gasteiger partial charge in [0.25, 0.3) is 15.9 Å². The summed E-state index contributed by atoms with van der Waals surface area (Å²) < 4.78 is 40.5. The van der Waals surface area contributed by atoms with Crippen molar-refractivity contribution in [3.05, 3.63) is 60.4 Å². The van der Waals surface area contributed by atoms with Crippen molar-refractivity contribution in [3.8, 4) is 0 Å². The minimum atomic E-state index is -4.02. The molecule has 1 heterocycles. The molecule has 0 bridgehead atoms. The highest BCUT2D eigenvalue weighted by atomic mass is 32.2. The molecule has 1 fully saturated rings. The summed E-state index contributed by atoms with van der Waals surface area (Å²) in [7, 11) is -2.00. The van der Waals surface area contributed by atoms with Crippen molar-refractivity contribution in [1.82, 2.24) is 10.3 Å². The van der Waals surface area contributed by atoms with Crippen LogP contribution in [0.1, 0.15) is 12.8 Å². The molecule has 2 aromatic rings. The Kier molecular flexibility index (Phi) is 6.60. The van der Waals surface area contributed by atoms with Crippen LogP contribution in [0.15, 0.2) is 64.6 Å². The minimum Gasteiger partial charge on any atom is -0.306 e. The van der Waals surface area contributed by atoms with Crippen LogP contribution in [0.5, 0.6) is 0 Å². The summed E-state index contributed by atoms with van der Waals surface area (Å²) in [5.41, 5.74) is 3.52. The van der Waals surface area contributed by atoms with Gasteiger partial charge in [-0.1, -0.05) is 18.2 Å². The zero-order valence-corrected chi connectivity index (χ0v) is 16.9. The highest BCUT2D eigenvalue weighted by Gasteiger charge is 2.27. The maximum atomic E-state index is 13.3. The third-order valence-corrected chi connectivity index (χ3v) is 6.42. The first-order valence-electron chi connectivity index (χ1n) is 9.22. The van der Waals surface area contributed by atoms with Crippen molar-refractivity contribution in [1.29, 1.82) is 0 Å². The van der Waals surface area contributed by atoms with E-state index in [0.29, 0.717) is 0 Å². The molecule has 0 atom stereocenters. The second-order valence-corrected chi connectivity index (χ2v) is 8.68. The number of halogens is 1. The molecule has 0 saturated carbocycles. The molecule has 0 aliphatic carbocycles. The Morgan fingerprint density at radius 1 is 1.10 bits per heavy atom. The molecule has 154 valence electrons. The fourth-order valence-electron chi connectivity index (χ4n) is 2.94. The molecule has 1 saturated heterocycles. The first-order chi connectivity index (χ1) is 13.9. The fraction of sp³-hybridized carbons (Fsp3) is 0.300. The second kappa shape index (κ2) is 9.15. The monoisotopic (exact) mass is 418 g/mol. The summed E-state index contributed by atoms with van der Waals surface area (Å²) in [5.74, 6) is -1.07. The van der Waals surface area contributed by atoms with Gasteiger partial charge in [-0.05, 0) is 43.4 Å². The molecule has 1 amide bonds. The van der Waals surface area contributed by atoms with E-state index in [9.17, 15) is 17.6 Å². The van der Waals surface area contributed by atoms with Gasteiger partial charge in [-0.3, -0.25) is 9.10 Å². The number of nitrogens with one attached hydrogen (secondary N) is 1. The number of amides is 1. The van der Waals surface area contributed by atoms with Crippen molar-refractivity contribution >= 4 is 27.3 Å². The zero-order chi connectivity index (χ0) is 20.9. The van der Waals surface area contributed by atoms with Gasteiger partial charge in [-0.2, -0.15) is 5.10 Å². The highest BCUT2D eigenvalue weighted by Crippen LogP contribution is 2.23. The number of hydrogen-bond donors (Lipinski definition) is 1. The zero-order valence-electron chi connectivity index (χ0n) is 16.1. The number of carbonyl (C=O) groups excluding carboxylic acids is 1. The normalized spacial score (nSPS) is 15.0. The van der Waals surface area contributed by atoms with Crippen molar-refractivity contribution in [2.75, 3.05) is 31.0 Å². The Morgan fingerprint density at radius 3 is 2.34 bits per heavy atom. The molecule has 0 spiro atoms. The summed E-state index contributed by atoms with van der Waals surface area (Å²) in [5, 5.41) is 4.14. The number of hydrazone groups is 1. The first kappa shape index (κ1) is 20.9. The van der Waals surface area contributed by atoms with Gasteiger partial charge in [0.2, 0.25) is 0 Å². The SMILES string of the molecule is CN1CCC(=NNC(=O)CN(c2ccc(F)cc2)S(=O)(=O)c2ccccc2)CC1. The highest BCUT2D eigenvalue weighted by molar-refractivity contribution is 7.92. The maximum absolute atomic E-state index is 13.3. The number of anilines is 1. The van der Waals surface area contributed by atoms with E-state index in [2.05, 4.69) is 15.4 Å². The molecule has 0 unspecified atom stereocenters. The fourth-order valence-corrected chi connectivity index (χ4v) is 4.38. The predicted molar refractivity (Wildman–Crippen MR) is 110 cm³/mol. The molecular formula is C20H23FN4O3S. The lowest BCUT2D eigenvalue weighted by molar-refractivity contribution is -0.119. The third kappa shape index (κ3) is 5.39. The van der Waals surface area contributed by atoms with Crippen LogP contribution in [-0.4, -0.2) is 51.6 Å². The molecule has 0 radical (unpaired) electrons. The van der Waals surface area contributed by atoms with E-state index in [1.54, 1.807) is 18.2 Å². The van der Waals surface area contributed by atoms with Crippen LogP contribution in [0.3, 0.4) is 0 Å². The number of hydrogen-bond acceptors (Lipinski definition) is 5. The molecule has 3 rings (SSSR count). The molecule has 29 heavy (non-hydrogen) atoms. The molecular weight excluding hydrogens is 395 g/mol. The summed E-state index contributed by atoms with van der Waals surface area (Å²) in [4.78, 5) is 14.7. The first-order valence-corrected chi connectivity index (χ1v) is 10.7. The third-order valence-electron chi connectivity index (χ3n) is 4.64. The standard InChI is InChI=1S/C20H23FN4O3S/c1-24-13-11-17(12-14-24)22-23-20(26)15-25(18-9-7-16(21)8-10-18)29(27,28)19-5-3-2-4-6-19/h2-10H,11-15H2,1H3,(H,23,26). The van der Waals surface area contributed by atoms with Gasteiger partial charge in [0.05, 0.1) is 10.6 Å². The van der Waals surface area contributed by atoms with E-state index < -0.39 is 28.3 Å². The Morgan fingerprint density at radius 2 is 1.72 bits per heavy atom. The second-order valence-electron chi connectivity index (χ2n) is 6.82. The van der Waals surface area contributed by atoms with Gasteiger partial charge in [-0.15, -0.1) is 0 Å². The quantitative estimate of drug-likeness (QED) is 0.730. The molecule has 0 aromatic heterocycles. The number of benzene rings is 2. The lowest BCUT2D eigenvalue weighted by Crippen LogP contribution is -2.40. The molecule has 1 aliphatic heterocycles. The molecule has 1 N–H and O–H groups in total. The van der Waals surface area contributed by atoms with Gasteiger partial charge in [-0.25, -0.2) is 18.2 Å². The molecule has 2 aromatic carbocycles. The van der Waals surface area contributed by atoms with Crippen LogP contribution in [0.25, 0.3) is 0 Å². The number of sulfonamides is 1. The summed E-state index contributed by atoms with van der Waals surface area (Å²) in [6, 6.07) is 12.7. The van der Waals surface area contributed by atoms with Crippen molar-refractivity contribution in [2.24, 2.45) is 5.10 Å². The van der Waals surface area contributed by atoms with Gasteiger partial charge in [0.1, 0.15) is 12.4 Å². The van der Waals surface area contributed by atoms with Crippen LogP contribution in [0.4, 0.5) is 10.1 Å². The number of likely N-dealkylation sites (tertiary alicyclic amines) is 1. The summed E-state index contributed by atoms with van der Waals surface area (Å²) in [6.45, 7) is 1.25. The number of piperidine rings is 1. The van der Waals surface area contributed by atoms with Crippen LogP contribution in [0, 0.1) is 5.82 Å². The van der Waals surface area contributed by atoms with E-state index in [4.69, 9.17) is 0 Å². The summed E-state index contributed by atoms with van der Waals surface area (Å²) >= 11 is 0. The van der Waals surface area contributed by atoms with Crippen LogP contribution in [-0.2, 0) is 14.8 Å². The minimum absolute atomic E-state index is 0.0405. The van der Waals surface area contributed by atoms with Crippen LogP contribution in [0.2, 0.25) is 0 Å². The maximum Gasteiger partial charge on any atom is 0.264 e. The average Bonchev–Trinajstić information content (AvgIpc) is 2.73. The van der Waals surface area contributed by atoms with Crippen molar-refractivity contribution in [3.63, 3.8) is 0 Å². The van der Waals surface area contributed by atoms with E-state index in [0.717, 1.165) is 48.1 Å². The number of carbonyl (C=O) groups is 1. The Hall–Kier alpha value is -2.78. The lowest BCUT2D eigenvalue weighted by Gasteiger charge is -2.24. The van der Waals surface area contributed by atoms with E-state index in [1.165, 1.54) is 24.3 Å². The van der Waals surface area contributed by atoms with Crippen LogP contribution < -0.4 is 9.73 Å². The van der Waals surface area contributed by atoms with Gasteiger partial charge in [0.15, 0.2) is 0 Å². The van der Waals surface area contributed by atoms with E-state index in [1.807, 2.05) is 7.05 Å². The topological polar surface area (TPSA) is 82.1 Å². The largest absolute Gasteiger partial charge is 0.306 e. The van der Waals surface area contributed by atoms with Gasteiger partial charge < -0.3 is 4.90 Å².